The van der Waals surface area contributed by atoms with Crippen molar-refractivity contribution in [3.05, 3.63) is 47.5 Å². The van der Waals surface area contributed by atoms with Crippen LogP contribution >= 0.6 is 27.5 Å². The zero-order chi connectivity index (χ0) is 14.7. The molecule has 1 fully saturated rings. The highest BCUT2D eigenvalue weighted by Gasteiger charge is 2.43. The second kappa shape index (κ2) is 6.44. The number of aromatic nitrogens is 3. The Balaban J connectivity index is 1.89. The van der Waals surface area contributed by atoms with Crippen LogP contribution in [0.2, 0.25) is 5.02 Å². The molecule has 2 aromatic rings. The van der Waals surface area contributed by atoms with Gasteiger partial charge in [0.05, 0.1) is 13.2 Å². The molecule has 0 bridgehead atoms. The van der Waals surface area contributed by atoms with Crippen molar-refractivity contribution in [3.8, 4) is 0 Å². The van der Waals surface area contributed by atoms with Crippen molar-refractivity contribution in [3.63, 3.8) is 0 Å². The largest absolute Gasteiger partial charge is 0.349 e. The van der Waals surface area contributed by atoms with Crippen LogP contribution in [0.25, 0.3) is 0 Å². The van der Waals surface area contributed by atoms with Crippen molar-refractivity contribution < 1.29 is 9.47 Å². The SMILES string of the molecule is Clc1ccc(C2(Cn3cncn3)COC(CCBr)O2)cc1. The summed E-state index contributed by atoms with van der Waals surface area (Å²) in [6.07, 6.45) is 3.77. The average Bonchev–Trinajstić information content (AvgIpc) is 3.11. The second-order valence-electron chi connectivity index (χ2n) is 4.93. The van der Waals surface area contributed by atoms with Crippen LogP contribution in [0.4, 0.5) is 0 Å². The predicted octanol–water partition coefficient (Wildman–Crippen LogP) is 2.98. The molecule has 2 heterocycles. The molecule has 1 saturated heterocycles. The van der Waals surface area contributed by atoms with Crippen molar-refractivity contribution in [1.82, 2.24) is 14.8 Å². The van der Waals surface area contributed by atoms with Crippen LogP contribution in [0.5, 0.6) is 0 Å². The summed E-state index contributed by atoms with van der Waals surface area (Å²) in [5.74, 6) is 0. The van der Waals surface area contributed by atoms with E-state index in [4.69, 9.17) is 21.1 Å². The summed E-state index contributed by atoms with van der Waals surface area (Å²) in [4.78, 5) is 3.99. The Morgan fingerprint density at radius 2 is 2.19 bits per heavy atom. The molecule has 0 amide bonds. The lowest BCUT2D eigenvalue weighted by Gasteiger charge is -2.27. The third-order valence-corrected chi connectivity index (χ3v) is 4.17. The molecule has 21 heavy (non-hydrogen) atoms. The van der Waals surface area contributed by atoms with Gasteiger partial charge in [-0.15, -0.1) is 0 Å². The second-order valence-corrected chi connectivity index (χ2v) is 6.16. The quantitative estimate of drug-likeness (QED) is 0.757. The Morgan fingerprint density at radius 3 is 2.86 bits per heavy atom. The van der Waals surface area contributed by atoms with Crippen LogP contribution in [-0.4, -0.2) is 33.0 Å². The van der Waals surface area contributed by atoms with Gasteiger partial charge in [-0.05, 0) is 17.7 Å². The summed E-state index contributed by atoms with van der Waals surface area (Å²) in [5.41, 5.74) is 0.463. The van der Waals surface area contributed by atoms with E-state index in [1.165, 1.54) is 6.33 Å². The molecule has 1 aromatic heterocycles. The first-order chi connectivity index (χ1) is 10.2. The minimum atomic E-state index is -0.564. The highest BCUT2D eigenvalue weighted by Crippen LogP contribution is 2.36. The molecule has 1 aliphatic rings. The molecule has 112 valence electrons. The highest BCUT2D eigenvalue weighted by atomic mass is 79.9. The van der Waals surface area contributed by atoms with Gasteiger partial charge in [-0.1, -0.05) is 39.7 Å². The first-order valence-electron chi connectivity index (χ1n) is 6.66. The van der Waals surface area contributed by atoms with Crippen molar-refractivity contribution in [2.75, 3.05) is 11.9 Å². The maximum Gasteiger partial charge on any atom is 0.159 e. The number of halogens is 2. The van der Waals surface area contributed by atoms with Crippen LogP contribution in [0.15, 0.2) is 36.9 Å². The molecule has 0 saturated carbocycles. The molecule has 0 spiro atoms. The van der Waals surface area contributed by atoms with Gasteiger partial charge in [-0.2, -0.15) is 5.10 Å². The van der Waals surface area contributed by atoms with Gasteiger partial charge in [0.2, 0.25) is 0 Å². The Bertz CT molecular complexity index is 578. The first kappa shape index (κ1) is 15.0. The molecular formula is C14H15BrClN3O2. The molecule has 1 aliphatic heterocycles. The lowest BCUT2D eigenvalue weighted by Crippen LogP contribution is -2.35. The summed E-state index contributed by atoms with van der Waals surface area (Å²) in [5, 5.41) is 5.70. The molecule has 0 radical (unpaired) electrons. The van der Waals surface area contributed by atoms with Gasteiger partial charge < -0.3 is 9.47 Å². The van der Waals surface area contributed by atoms with Crippen molar-refractivity contribution in [2.45, 2.75) is 24.9 Å². The number of hydrogen-bond acceptors (Lipinski definition) is 4. The van der Waals surface area contributed by atoms with Crippen LogP contribution in [-0.2, 0) is 21.6 Å². The van der Waals surface area contributed by atoms with Crippen molar-refractivity contribution >= 4 is 27.5 Å². The molecule has 7 heteroatoms. The molecule has 3 rings (SSSR count). The van der Waals surface area contributed by atoms with Gasteiger partial charge in [-0.3, -0.25) is 0 Å². The number of benzene rings is 1. The first-order valence-corrected chi connectivity index (χ1v) is 8.16. The molecule has 2 unspecified atom stereocenters. The van der Waals surface area contributed by atoms with Gasteiger partial charge >= 0.3 is 0 Å². The number of ether oxygens (including phenoxy) is 2. The zero-order valence-electron chi connectivity index (χ0n) is 11.3. The van der Waals surface area contributed by atoms with E-state index in [0.29, 0.717) is 18.2 Å². The van der Waals surface area contributed by atoms with Crippen molar-refractivity contribution in [1.29, 1.82) is 0 Å². The van der Waals surface area contributed by atoms with Crippen LogP contribution in [0, 0.1) is 0 Å². The minimum absolute atomic E-state index is 0.219. The Morgan fingerprint density at radius 1 is 1.38 bits per heavy atom. The van der Waals surface area contributed by atoms with E-state index in [-0.39, 0.29) is 6.29 Å². The fourth-order valence-electron chi connectivity index (χ4n) is 2.43. The van der Waals surface area contributed by atoms with Crippen LogP contribution in [0.1, 0.15) is 12.0 Å². The average molecular weight is 373 g/mol. The summed E-state index contributed by atoms with van der Waals surface area (Å²) >= 11 is 9.40. The normalized spacial score (nSPS) is 25.3. The predicted molar refractivity (Wildman–Crippen MR) is 82.4 cm³/mol. The lowest BCUT2D eigenvalue weighted by atomic mass is 9.94. The fraction of sp³-hybridized carbons (Fsp3) is 0.429. The van der Waals surface area contributed by atoms with E-state index in [0.717, 1.165) is 17.3 Å². The minimum Gasteiger partial charge on any atom is -0.349 e. The maximum atomic E-state index is 6.20. The van der Waals surface area contributed by atoms with Crippen LogP contribution < -0.4 is 0 Å². The summed E-state index contributed by atoms with van der Waals surface area (Å²) < 4.78 is 13.8. The Hall–Kier alpha value is -0.950. The zero-order valence-corrected chi connectivity index (χ0v) is 13.6. The van der Waals surface area contributed by atoms with E-state index in [1.807, 2.05) is 24.3 Å². The third-order valence-electron chi connectivity index (χ3n) is 3.46. The van der Waals surface area contributed by atoms with E-state index in [2.05, 4.69) is 26.0 Å². The number of hydrogen-bond donors (Lipinski definition) is 0. The van der Waals surface area contributed by atoms with E-state index in [9.17, 15) is 0 Å². The number of alkyl halides is 1. The highest BCUT2D eigenvalue weighted by molar-refractivity contribution is 9.09. The van der Waals surface area contributed by atoms with Gasteiger partial charge in [0.25, 0.3) is 0 Å². The van der Waals surface area contributed by atoms with E-state index >= 15 is 0 Å². The van der Waals surface area contributed by atoms with Gasteiger partial charge in [0, 0.05) is 16.8 Å². The topological polar surface area (TPSA) is 49.2 Å². The molecular weight excluding hydrogens is 358 g/mol. The van der Waals surface area contributed by atoms with E-state index < -0.39 is 5.60 Å². The fourth-order valence-corrected chi connectivity index (χ4v) is 2.93. The molecule has 1 aromatic carbocycles. The Labute approximate surface area is 136 Å². The monoisotopic (exact) mass is 371 g/mol. The van der Waals surface area contributed by atoms with Crippen LogP contribution in [0.3, 0.4) is 0 Å². The molecule has 0 aliphatic carbocycles. The molecule has 0 N–H and O–H groups in total. The smallest absolute Gasteiger partial charge is 0.159 e. The van der Waals surface area contributed by atoms with Crippen molar-refractivity contribution in [2.24, 2.45) is 0 Å². The number of rotatable bonds is 5. The number of nitrogens with zero attached hydrogens (tertiary/aromatic N) is 3. The summed E-state index contributed by atoms with van der Waals surface area (Å²) in [6, 6.07) is 7.67. The standard InChI is InChI=1S/C14H15BrClN3O2/c15-6-5-13-20-8-14(21-13,7-19-10-17-9-18-19)11-1-3-12(16)4-2-11/h1-4,9-10,13H,5-8H2. The Kier molecular flexibility index (Phi) is 4.59. The lowest BCUT2D eigenvalue weighted by molar-refractivity contribution is -0.0984. The molecule has 2 atom stereocenters. The van der Waals surface area contributed by atoms with Gasteiger partial charge in [0.15, 0.2) is 6.29 Å². The third kappa shape index (κ3) is 3.29. The maximum absolute atomic E-state index is 6.20. The van der Waals surface area contributed by atoms with Gasteiger partial charge in [0.1, 0.15) is 18.3 Å². The van der Waals surface area contributed by atoms with E-state index in [1.54, 1.807) is 11.0 Å². The van der Waals surface area contributed by atoms with Gasteiger partial charge in [-0.25, -0.2) is 9.67 Å². The summed E-state index contributed by atoms with van der Waals surface area (Å²) in [7, 11) is 0. The summed E-state index contributed by atoms with van der Waals surface area (Å²) in [6.45, 7) is 1.03. The molecule has 5 nitrogen and oxygen atoms in total.